The Morgan fingerprint density at radius 2 is 2.00 bits per heavy atom. The van der Waals surface area contributed by atoms with Gasteiger partial charge in [0, 0.05) is 5.02 Å². The Morgan fingerprint density at radius 3 is 2.60 bits per heavy atom. The molecule has 158 valence electrons. The number of halogens is 1. The number of rotatable bonds is 9. The first kappa shape index (κ1) is 23.0. The van der Waals surface area contributed by atoms with Gasteiger partial charge in [-0.3, -0.25) is 9.10 Å². The number of hydrogen-bond acceptors (Lipinski definition) is 7. The average molecular weight is 451 g/mol. The van der Waals surface area contributed by atoms with Gasteiger partial charge in [-0.2, -0.15) is 10.4 Å². The fourth-order valence-corrected chi connectivity index (χ4v) is 3.37. The molecule has 0 aromatic heterocycles. The molecule has 30 heavy (non-hydrogen) atoms. The number of nitriles is 1. The van der Waals surface area contributed by atoms with Gasteiger partial charge < -0.3 is 9.47 Å². The smallest absolute Gasteiger partial charge is 0.260 e. The lowest BCUT2D eigenvalue weighted by Crippen LogP contribution is -2.39. The van der Waals surface area contributed by atoms with Crippen molar-refractivity contribution in [3.05, 3.63) is 53.1 Å². The number of nitrogens with one attached hydrogen (secondary N) is 1. The number of sulfonamides is 1. The lowest BCUT2D eigenvalue weighted by molar-refractivity contribution is -0.119. The van der Waals surface area contributed by atoms with Crippen LogP contribution in [0.25, 0.3) is 0 Å². The Hall–Kier alpha value is -3.29. The minimum atomic E-state index is -3.81. The molecule has 0 spiro atoms. The van der Waals surface area contributed by atoms with Crippen LogP contribution in [0.4, 0.5) is 5.69 Å². The molecule has 0 aliphatic rings. The molecule has 0 atom stereocenters. The van der Waals surface area contributed by atoms with Crippen molar-refractivity contribution in [1.82, 2.24) is 5.43 Å². The molecule has 2 aromatic rings. The van der Waals surface area contributed by atoms with E-state index in [4.69, 9.17) is 26.3 Å². The van der Waals surface area contributed by atoms with E-state index >= 15 is 0 Å². The molecule has 0 aliphatic heterocycles. The predicted octanol–water partition coefficient (Wildman–Crippen LogP) is 2.17. The summed E-state index contributed by atoms with van der Waals surface area (Å²) in [5.74, 6) is 0.115. The van der Waals surface area contributed by atoms with Crippen molar-refractivity contribution in [2.24, 2.45) is 5.10 Å². The Kier molecular flexibility index (Phi) is 8.03. The highest BCUT2D eigenvalue weighted by molar-refractivity contribution is 7.92. The Bertz CT molecular complexity index is 1070. The van der Waals surface area contributed by atoms with E-state index in [1.807, 2.05) is 6.07 Å². The number of ether oxygens (including phenoxy) is 2. The van der Waals surface area contributed by atoms with Crippen molar-refractivity contribution < 1.29 is 22.7 Å². The van der Waals surface area contributed by atoms with Gasteiger partial charge >= 0.3 is 0 Å². The molecule has 1 N–H and O–H groups in total. The van der Waals surface area contributed by atoms with Gasteiger partial charge in [0.2, 0.25) is 10.0 Å². The molecule has 2 rings (SSSR count). The van der Waals surface area contributed by atoms with Gasteiger partial charge in [0.1, 0.15) is 24.1 Å². The quantitative estimate of drug-likeness (QED) is 0.461. The summed E-state index contributed by atoms with van der Waals surface area (Å²) in [6, 6.07) is 13.0. The van der Waals surface area contributed by atoms with Crippen LogP contribution in [0.15, 0.2) is 47.6 Å². The van der Waals surface area contributed by atoms with Crippen molar-refractivity contribution in [2.45, 2.75) is 0 Å². The van der Waals surface area contributed by atoms with Crippen molar-refractivity contribution >= 4 is 39.4 Å². The van der Waals surface area contributed by atoms with E-state index in [9.17, 15) is 13.2 Å². The second kappa shape index (κ2) is 10.5. The number of methoxy groups -OCH3 is 1. The maximum atomic E-state index is 12.3. The molecule has 1 amide bonds. The summed E-state index contributed by atoms with van der Waals surface area (Å²) >= 11 is 5.97. The zero-order valence-corrected chi connectivity index (χ0v) is 17.8. The third-order valence-corrected chi connectivity index (χ3v) is 5.05. The van der Waals surface area contributed by atoms with Crippen molar-refractivity contribution in [3.8, 4) is 17.6 Å². The number of carbonyl (C=O) groups excluding carboxylic acids is 1. The van der Waals surface area contributed by atoms with Crippen LogP contribution < -0.4 is 19.2 Å². The summed E-state index contributed by atoms with van der Waals surface area (Å²) < 4.78 is 35.6. The standard InChI is InChI=1S/C19H19ClN4O5S/c1-28-18-8-5-15(20)11-17(18)24(30(2,26)27)13-19(25)23-22-12-14-3-6-16(7-4-14)29-10-9-21/h3-8,11-12H,10,13H2,1-2H3,(H,23,25)/b22-12-. The molecular weight excluding hydrogens is 432 g/mol. The Labute approximate surface area is 179 Å². The van der Waals surface area contributed by atoms with Crippen molar-refractivity contribution in [3.63, 3.8) is 0 Å². The Balaban J connectivity index is 2.08. The molecule has 2 aromatic carbocycles. The third-order valence-electron chi connectivity index (χ3n) is 3.68. The molecule has 0 radical (unpaired) electrons. The van der Waals surface area contributed by atoms with Crippen LogP contribution in [0.3, 0.4) is 0 Å². The summed E-state index contributed by atoms with van der Waals surface area (Å²) in [5.41, 5.74) is 3.08. The van der Waals surface area contributed by atoms with Gasteiger partial charge in [0.25, 0.3) is 5.91 Å². The van der Waals surface area contributed by atoms with Crippen LogP contribution in [0.5, 0.6) is 11.5 Å². The van der Waals surface area contributed by atoms with E-state index in [2.05, 4.69) is 10.5 Å². The average Bonchev–Trinajstić information content (AvgIpc) is 2.70. The molecule has 9 nitrogen and oxygen atoms in total. The zero-order valence-electron chi connectivity index (χ0n) is 16.2. The number of carbonyl (C=O) groups is 1. The van der Waals surface area contributed by atoms with Crippen molar-refractivity contribution in [1.29, 1.82) is 5.26 Å². The number of hydrogen-bond donors (Lipinski definition) is 1. The molecule has 0 unspecified atom stereocenters. The van der Waals surface area contributed by atoms with Crippen molar-refractivity contribution in [2.75, 3.05) is 30.8 Å². The fraction of sp³-hybridized carbons (Fsp3) is 0.211. The maximum absolute atomic E-state index is 12.3. The van der Waals surface area contributed by atoms with E-state index in [1.54, 1.807) is 30.3 Å². The lowest BCUT2D eigenvalue weighted by atomic mass is 10.2. The molecule has 11 heteroatoms. The van der Waals surface area contributed by atoms with E-state index in [0.717, 1.165) is 10.6 Å². The highest BCUT2D eigenvalue weighted by Gasteiger charge is 2.24. The van der Waals surface area contributed by atoms with Crippen LogP contribution in [-0.4, -0.2) is 47.1 Å². The second-order valence-corrected chi connectivity index (χ2v) is 8.24. The minimum Gasteiger partial charge on any atom is -0.495 e. The van der Waals surface area contributed by atoms with Gasteiger partial charge in [0.05, 0.1) is 25.3 Å². The molecule has 0 aliphatic carbocycles. The lowest BCUT2D eigenvalue weighted by Gasteiger charge is -2.23. The number of hydrazone groups is 1. The highest BCUT2D eigenvalue weighted by Crippen LogP contribution is 2.32. The number of benzene rings is 2. The number of amides is 1. The monoisotopic (exact) mass is 450 g/mol. The molecule has 0 fully saturated rings. The second-order valence-electron chi connectivity index (χ2n) is 5.89. The normalized spacial score (nSPS) is 11.0. The molecule has 0 saturated carbocycles. The van der Waals surface area contributed by atoms with Crippen LogP contribution in [-0.2, 0) is 14.8 Å². The SMILES string of the molecule is COc1ccc(Cl)cc1N(CC(=O)N/N=C\c1ccc(OCC#N)cc1)S(C)(=O)=O. The van der Waals surface area contributed by atoms with E-state index in [1.165, 1.54) is 25.5 Å². The number of anilines is 1. The van der Waals surface area contributed by atoms with Gasteiger partial charge in [0.15, 0.2) is 6.61 Å². The maximum Gasteiger partial charge on any atom is 0.260 e. The van der Waals surface area contributed by atoms with Gasteiger partial charge in [-0.1, -0.05) is 11.6 Å². The van der Waals surface area contributed by atoms with Crippen LogP contribution in [0.2, 0.25) is 5.02 Å². The first-order valence-corrected chi connectivity index (χ1v) is 10.7. The van der Waals surface area contributed by atoms with Crippen LogP contribution in [0, 0.1) is 11.3 Å². The van der Waals surface area contributed by atoms with Crippen LogP contribution >= 0.6 is 11.6 Å². The van der Waals surface area contributed by atoms with Gasteiger partial charge in [-0.05, 0) is 48.0 Å². The first-order valence-electron chi connectivity index (χ1n) is 8.47. The summed E-state index contributed by atoms with van der Waals surface area (Å²) in [6.07, 6.45) is 2.36. The summed E-state index contributed by atoms with van der Waals surface area (Å²) in [5, 5.41) is 12.6. The van der Waals surface area contributed by atoms with E-state index in [-0.39, 0.29) is 18.0 Å². The predicted molar refractivity (Wildman–Crippen MR) is 113 cm³/mol. The zero-order chi connectivity index (χ0) is 22.1. The minimum absolute atomic E-state index is 0.0578. The molecule has 0 saturated heterocycles. The van der Waals surface area contributed by atoms with E-state index < -0.39 is 22.5 Å². The van der Waals surface area contributed by atoms with Gasteiger partial charge in [-0.25, -0.2) is 13.8 Å². The highest BCUT2D eigenvalue weighted by atomic mass is 35.5. The Morgan fingerprint density at radius 1 is 1.30 bits per heavy atom. The molecular formula is C19H19ClN4O5S. The first-order chi connectivity index (χ1) is 14.2. The summed E-state index contributed by atoms with van der Waals surface area (Å²) in [4.78, 5) is 12.3. The molecule has 0 bridgehead atoms. The van der Waals surface area contributed by atoms with Gasteiger partial charge in [-0.15, -0.1) is 0 Å². The topological polar surface area (TPSA) is 121 Å². The fourth-order valence-electron chi connectivity index (χ4n) is 2.35. The molecule has 0 heterocycles. The van der Waals surface area contributed by atoms with E-state index in [0.29, 0.717) is 16.3 Å². The summed E-state index contributed by atoms with van der Waals surface area (Å²) in [7, 11) is -2.42. The summed E-state index contributed by atoms with van der Waals surface area (Å²) in [6.45, 7) is -0.578. The van der Waals surface area contributed by atoms with Crippen LogP contribution in [0.1, 0.15) is 5.56 Å². The largest absolute Gasteiger partial charge is 0.495 e. The number of nitrogens with zero attached hydrogens (tertiary/aromatic N) is 3. The third kappa shape index (κ3) is 6.65.